The zero-order chi connectivity index (χ0) is 22.0. The molecule has 0 atom stereocenters. The summed E-state index contributed by atoms with van der Waals surface area (Å²) in [5.41, 5.74) is 1.15. The highest BCUT2D eigenvalue weighted by Gasteiger charge is 2.27. The van der Waals surface area contributed by atoms with E-state index in [0.29, 0.717) is 23.0 Å². The Kier molecular flexibility index (Phi) is 5.43. The lowest BCUT2D eigenvalue weighted by atomic mass is 10.1. The summed E-state index contributed by atoms with van der Waals surface area (Å²) in [6.45, 7) is 0. The first-order chi connectivity index (χ1) is 14.8. The molecule has 2 aromatic carbocycles. The summed E-state index contributed by atoms with van der Waals surface area (Å²) in [5, 5.41) is 2.65. The van der Waals surface area contributed by atoms with E-state index in [-0.39, 0.29) is 28.5 Å². The summed E-state index contributed by atoms with van der Waals surface area (Å²) in [6, 6.07) is 16.1. The molecule has 0 saturated heterocycles. The maximum absolute atomic E-state index is 12.9. The molecule has 2 amide bonds. The van der Waals surface area contributed by atoms with E-state index in [0.717, 1.165) is 0 Å². The number of nitrogens with zero attached hydrogens (tertiary/aromatic N) is 2. The molecule has 0 spiro atoms. The van der Waals surface area contributed by atoms with Crippen LogP contribution in [0.2, 0.25) is 0 Å². The van der Waals surface area contributed by atoms with Crippen molar-refractivity contribution in [2.24, 2.45) is 0 Å². The number of carbonyl (C=O) groups excluding carboxylic acids is 2. The number of pyridine rings is 1. The first kappa shape index (κ1) is 20.5. The topological polar surface area (TPSA) is 106 Å². The molecule has 1 aliphatic rings. The first-order valence-corrected chi connectivity index (χ1v) is 11.1. The number of nitrogens with one attached hydrogen (secondary N) is 1. The fourth-order valence-electron chi connectivity index (χ4n) is 3.17. The van der Waals surface area contributed by atoms with Crippen molar-refractivity contribution >= 4 is 33.0 Å². The van der Waals surface area contributed by atoms with E-state index in [2.05, 4.69) is 10.3 Å². The van der Waals surface area contributed by atoms with E-state index >= 15 is 0 Å². The smallest absolute Gasteiger partial charge is 0.262 e. The normalized spacial score (nSPS) is 12.9. The molecule has 0 fully saturated rings. The van der Waals surface area contributed by atoms with Gasteiger partial charge in [-0.2, -0.15) is 0 Å². The Hall–Kier alpha value is -3.72. The summed E-state index contributed by atoms with van der Waals surface area (Å²) in [4.78, 5) is 31.0. The second kappa shape index (κ2) is 8.19. The fraction of sp³-hybridized carbons (Fsp3) is 0.136. The summed E-state index contributed by atoms with van der Waals surface area (Å²) < 4.78 is 30.5. The number of ether oxygens (including phenoxy) is 1. The zero-order valence-electron chi connectivity index (χ0n) is 16.6. The average Bonchev–Trinajstić information content (AvgIpc) is 2.88. The van der Waals surface area contributed by atoms with Crippen LogP contribution in [0.3, 0.4) is 0 Å². The van der Waals surface area contributed by atoms with Crippen LogP contribution in [0.4, 0.5) is 11.4 Å². The van der Waals surface area contributed by atoms with Gasteiger partial charge >= 0.3 is 0 Å². The third-order valence-electron chi connectivity index (χ3n) is 4.82. The Morgan fingerprint density at radius 3 is 2.65 bits per heavy atom. The minimum absolute atomic E-state index is 0.173. The Morgan fingerprint density at radius 1 is 1.10 bits per heavy atom. The van der Waals surface area contributed by atoms with Crippen LogP contribution < -0.4 is 15.0 Å². The summed E-state index contributed by atoms with van der Waals surface area (Å²) in [5.74, 6) is -0.484. The van der Waals surface area contributed by atoms with Gasteiger partial charge in [0.2, 0.25) is 11.8 Å². The molecule has 0 aliphatic carbocycles. The lowest BCUT2D eigenvalue weighted by Gasteiger charge is -2.15. The van der Waals surface area contributed by atoms with Crippen LogP contribution in [0.15, 0.2) is 71.8 Å². The number of hydrogen-bond donors (Lipinski definition) is 1. The van der Waals surface area contributed by atoms with Crippen molar-refractivity contribution in [3.63, 3.8) is 0 Å². The van der Waals surface area contributed by atoms with Crippen LogP contribution in [-0.4, -0.2) is 38.0 Å². The largest absolute Gasteiger partial charge is 0.436 e. The number of anilines is 2. The highest BCUT2D eigenvalue weighted by Crippen LogP contribution is 2.37. The van der Waals surface area contributed by atoms with Crippen molar-refractivity contribution in [3.05, 3.63) is 72.4 Å². The van der Waals surface area contributed by atoms with Crippen molar-refractivity contribution in [1.29, 1.82) is 0 Å². The Labute approximate surface area is 179 Å². The van der Waals surface area contributed by atoms with Crippen LogP contribution >= 0.6 is 0 Å². The third-order valence-corrected chi connectivity index (χ3v) is 6.55. The van der Waals surface area contributed by atoms with Crippen LogP contribution in [0.5, 0.6) is 11.6 Å². The number of hydrogen-bond acceptors (Lipinski definition) is 6. The van der Waals surface area contributed by atoms with Gasteiger partial charge in [-0.1, -0.05) is 18.2 Å². The average molecular weight is 437 g/mol. The predicted molar refractivity (Wildman–Crippen MR) is 115 cm³/mol. The van der Waals surface area contributed by atoms with E-state index in [1.807, 2.05) is 0 Å². The minimum atomic E-state index is -3.56. The molecule has 2 heterocycles. The highest BCUT2D eigenvalue weighted by molar-refractivity contribution is 7.91. The van der Waals surface area contributed by atoms with Gasteiger partial charge in [0.05, 0.1) is 16.2 Å². The Morgan fingerprint density at radius 2 is 1.87 bits per heavy atom. The van der Waals surface area contributed by atoms with Gasteiger partial charge in [0.1, 0.15) is 11.4 Å². The summed E-state index contributed by atoms with van der Waals surface area (Å²) in [6.07, 6.45) is 1.36. The van der Waals surface area contributed by atoms with Gasteiger partial charge in [-0.15, -0.1) is 0 Å². The molecular weight excluding hydrogens is 418 g/mol. The molecule has 9 heteroatoms. The molecule has 1 N–H and O–H groups in total. The zero-order valence-corrected chi connectivity index (χ0v) is 17.4. The SMILES string of the molecule is CN1C(=O)c2cc(NC(=O)CCS(=O)(=O)c3ccccc3)ccc2Oc2ncccc21. The highest BCUT2D eigenvalue weighted by atomic mass is 32.2. The van der Waals surface area contributed by atoms with Crippen LogP contribution in [0.25, 0.3) is 0 Å². The molecular formula is C22H19N3O5S. The molecule has 1 aliphatic heterocycles. The van der Waals surface area contributed by atoms with Gasteiger partial charge in [-0.25, -0.2) is 13.4 Å². The quantitative estimate of drug-likeness (QED) is 0.657. The van der Waals surface area contributed by atoms with E-state index in [9.17, 15) is 18.0 Å². The van der Waals surface area contributed by atoms with E-state index < -0.39 is 15.7 Å². The molecule has 3 aromatic rings. The monoisotopic (exact) mass is 437 g/mol. The van der Waals surface area contributed by atoms with Crippen molar-refractivity contribution in [2.75, 3.05) is 23.0 Å². The van der Waals surface area contributed by atoms with Crippen molar-refractivity contribution in [3.8, 4) is 11.6 Å². The number of carbonyl (C=O) groups is 2. The molecule has 8 nitrogen and oxygen atoms in total. The lowest BCUT2D eigenvalue weighted by molar-refractivity contribution is -0.115. The fourth-order valence-corrected chi connectivity index (χ4v) is 4.43. The molecule has 1 aromatic heterocycles. The number of benzene rings is 2. The number of aromatic nitrogens is 1. The molecule has 0 bridgehead atoms. The molecule has 4 rings (SSSR count). The number of fused-ring (bicyclic) bond motifs is 2. The van der Waals surface area contributed by atoms with Crippen molar-refractivity contribution in [1.82, 2.24) is 4.98 Å². The third kappa shape index (κ3) is 4.26. The number of sulfone groups is 1. The minimum Gasteiger partial charge on any atom is -0.436 e. The Balaban J connectivity index is 1.49. The standard InChI is InChI=1S/C22H19N3O5S/c1-25-18-8-5-12-23-21(18)30-19-10-9-15(14-17(19)22(25)27)24-20(26)11-13-31(28,29)16-6-3-2-4-7-16/h2-10,12,14H,11,13H2,1H3,(H,24,26). The van der Waals surface area contributed by atoms with Gasteiger partial charge in [-0.3, -0.25) is 9.59 Å². The van der Waals surface area contributed by atoms with Crippen LogP contribution in [0, 0.1) is 0 Å². The van der Waals surface area contributed by atoms with Gasteiger partial charge in [0.25, 0.3) is 5.91 Å². The molecule has 0 saturated carbocycles. The van der Waals surface area contributed by atoms with Crippen molar-refractivity contribution in [2.45, 2.75) is 11.3 Å². The van der Waals surface area contributed by atoms with Crippen LogP contribution in [-0.2, 0) is 14.6 Å². The second-order valence-electron chi connectivity index (χ2n) is 6.93. The molecule has 158 valence electrons. The first-order valence-electron chi connectivity index (χ1n) is 9.48. The second-order valence-corrected chi connectivity index (χ2v) is 9.04. The molecule has 0 radical (unpaired) electrons. The number of rotatable bonds is 5. The summed E-state index contributed by atoms with van der Waals surface area (Å²) in [7, 11) is -1.95. The predicted octanol–water partition coefficient (Wildman–Crippen LogP) is 3.27. The Bertz CT molecular complexity index is 1260. The lowest BCUT2D eigenvalue weighted by Crippen LogP contribution is -2.25. The van der Waals surface area contributed by atoms with Gasteiger partial charge < -0.3 is 15.0 Å². The van der Waals surface area contributed by atoms with Gasteiger partial charge in [0, 0.05) is 25.4 Å². The van der Waals surface area contributed by atoms with Gasteiger partial charge in [-0.05, 0) is 42.5 Å². The van der Waals surface area contributed by atoms with E-state index in [4.69, 9.17) is 4.74 Å². The summed E-state index contributed by atoms with van der Waals surface area (Å²) >= 11 is 0. The van der Waals surface area contributed by atoms with Crippen LogP contribution in [0.1, 0.15) is 16.8 Å². The van der Waals surface area contributed by atoms with Crippen molar-refractivity contribution < 1.29 is 22.7 Å². The van der Waals surface area contributed by atoms with Gasteiger partial charge in [0.15, 0.2) is 9.84 Å². The molecule has 0 unspecified atom stereocenters. The maximum atomic E-state index is 12.9. The molecule has 31 heavy (non-hydrogen) atoms. The number of amides is 2. The maximum Gasteiger partial charge on any atom is 0.262 e. The van der Waals surface area contributed by atoms with E-state index in [1.54, 1.807) is 55.7 Å². The van der Waals surface area contributed by atoms with E-state index in [1.165, 1.54) is 23.1 Å².